The van der Waals surface area contributed by atoms with Crippen LogP contribution in [0.4, 0.5) is 0 Å². The van der Waals surface area contributed by atoms with Crippen LogP contribution in [-0.4, -0.2) is 13.0 Å². The average Bonchev–Trinajstić information content (AvgIpc) is 2.37. The van der Waals surface area contributed by atoms with E-state index in [2.05, 4.69) is 6.92 Å². The molecule has 19 heavy (non-hydrogen) atoms. The molecular weight excluding hydrogens is 260 g/mol. The number of unbranched alkanes of at least 4 members (excludes halogenated alkanes) is 2. The topological polar surface area (TPSA) is 54.4 Å². The lowest BCUT2D eigenvalue weighted by molar-refractivity contribution is 0.483. The summed E-state index contributed by atoms with van der Waals surface area (Å²) < 4.78 is 31.5. The van der Waals surface area contributed by atoms with Crippen molar-refractivity contribution in [3.8, 4) is 0 Å². The fourth-order valence-electron chi connectivity index (χ4n) is 2.26. The first kappa shape index (κ1) is 14.0. The highest BCUT2D eigenvalue weighted by atomic mass is 32.2. The van der Waals surface area contributed by atoms with Gasteiger partial charge in [-0.2, -0.15) is 8.42 Å². The number of hydrogen-bond donors (Lipinski definition) is 1. The standard InChI is InChI=1S/C15H18O3S/c1-2-3-4-6-12-7-5-8-13-9-10-14(11-15(12)13)19(16,17)18/h5,7-11H,2-4,6H2,1H3,(H,16,17,18). The SMILES string of the molecule is CCCCCc1cccc2ccc(S(=O)(=O)O)cc12. The fraction of sp³-hybridized carbons (Fsp3) is 0.333. The van der Waals surface area contributed by atoms with E-state index in [9.17, 15) is 8.42 Å². The van der Waals surface area contributed by atoms with E-state index in [1.165, 1.54) is 6.07 Å². The Balaban J connectivity index is 2.46. The lowest BCUT2D eigenvalue weighted by Crippen LogP contribution is -1.98. The van der Waals surface area contributed by atoms with Crippen molar-refractivity contribution in [1.82, 2.24) is 0 Å². The van der Waals surface area contributed by atoms with Gasteiger partial charge >= 0.3 is 0 Å². The molecule has 4 heteroatoms. The van der Waals surface area contributed by atoms with Crippen LogP contribution in [0.25, 0.3) is 10.8 Å². The molecule has 2 aromatic carbocycles. The molecular formula is C15H18O3S. The second-order valence-electron chi connectivity index (χ2n) is 4.73. The van der Waals surface area contributed by atoms with Crippen LogP contribution in [0.3, 0.4) is 0 Å². The Morgan fingerprint density at radius 3 is 2.58 bits per heavy atom. The summed E-state index contributed by atoms with van der Waals surface area (Å²) >= 11 is 0. The highest BCUT2D eigenvalue weighted by Crippen LogP contribution is 2.24. The van der Waals surface area contributed by atoms with Crippen molar-refractivity contribution in [1.29, 1.82) is 0 Å². The largest absolute Gasteiger partial charge is 0.294 e. The lowest BCUT2D eigenvalue weighted by atomic mass is 10.00. The van der Waals surface area contributed by atoms with Crippen molar-refractivity contribution < 1.29 is 13.0 Å². The highest BCUT2D eigenvalue weighted by Gasteiger charge is 2.11. The number of rotatable bonds is 5. The summed E-state index contributed by atoms with van der Waals surface area (Å²) in [5, 5.41) is 1.91. The molecule has 0 spiro atoms. The van der Waals surface area contributed by atoms with Gasteiger partial charge in [-0.3, -0.25) is 4.55 Å². The molecule has 0 atom stereocenters. The van der Waals surface area contributed by atoms with E-state index >= 15 is 0 Å². The molecule has 2 aromatic rings. The average molecular weight is 278 g/mol. The van der Waals surface area contributed by atoms with Gasteiger partial charge in [0.1, 0.15) is 0 Å². The van der Waals surface area contributed by atoms with Gasteiger partial charge in [0.05, 0.1) is 4.90 Å². The van der Waals surface area contributed by atoms with Crippen LogP contribution in [0.15, 0.2) is 41.3 Å². The van der Waals surface area contributed by atoms with Crippen molar-refractivity contribution in [3.63, 3.8) is 0 Å². The first-order valence-corrected chi connectivity index (χ1v) is 7.95. The summed E-state index contributed by atoms with van der Waals surface area (Å²) in [7, 11) is -4.14. The molecule has 0 aliphatic heterocycles. The Hall–Kier alpha value is -1.39. The van der Waals surface area contributed by atoms with Crippen LogP contribution in [0.2, 0.25) is 0 Å². The quantitative estimate of drug-likeness (QED) is 0.668. The third-order valence-corrected chi connectivity index (χ3v) is 4.14. The summed E-state index contributed by atoms with van der Waals surface area (Å²) in [4.78, 5) is -0.0389. The summed E-state index contributed by atoms with van der Waals surface area (Å²) in [6.45, 7) is 2.15. The Morgan fingerprint density at radius 2 is 1.89 bits per heavy atom. The number of benzene rings is 2. The van der Waals surface area contributed by atoms with Crippen LogP contribution in [0, 0.1) is 0 Å². The first-order valence-electron chi connectivity index (χ1n) is 6.51. The summed E-state index contributed by atoms with van der Waals surface area (Å²) in [6, 6.07) is 10.7. The van der Waals surface area contributed by atoms with Gasteiger partial charge in [-0.1, -0.05) is 44.0 Å². The zero-order valence-corrected chi connectivity index (χ0v) is 11.8. The zero-order chi connectivity index (χ0) is 13.9. The van der Waals surface area contributed by atoms with Gasteiger partial charge in [0.15, 0.2) is 0 Å². The predicted molar refractivity (Wildman–Crippen MR) is 77.0 cm³/mol. The minimum atomic E-state index is -4.14. The van der Waals surface area contributed by atoms with Crippen molar-refractivity contribution in [2.24, 2.45) is 0 Å². The molecule has 2 rings (SSSR count). The van der Waals surface area contributed by atoms with E-state index in [0.29, 0.717) is 0 Å². The van der Waals surface area contributed by atoms with E-state index in [-0.39, 0.29) is 4.90 Å². The van der Waals surface area contributed by atoms with E-state index in [1.54, 1.807) is 12.1 Å². The molecule has 0 bridgehead atoms. The molecule has 0 aliphatic rings. The summed E-state index contributed by atoms with van der Waals surface area (Å²) in [6.07, 6.45) is 4.33. The van der Waals surface area contributed by atoms with Crippen LogP contribution in [-0.2, 0) is 16.5 Å². The Morgan fingerprint density at radius 1 is 1.11 bits per heavy atom. The monoisotopic (exact) mass is 278 g/mol. The van der Waals surface area contributed by atoms with Crippen molar-refractivity contribution in [2.45, 2.75) is 37.5 Å². The van der Waals surface area contributed by atoms with Gasteiger partial charge in [-0.05, 0) is 41.3 Å². The second-order valence-corrected chi connectivity index (χ2v) is 6.15. The van der Waals surface area contributed by atoms with Crippen molar-refractivity contribution >= 4 is 20.9 Å². The van der Waals surface area contributed by atoms with E-state index in [0.717, 1.165) is 42.0 Å². The molecule has 0 saturated carbocycles. The third kappa shape index (κ3) is 3.33. The van der Waals surface area contributed by atoms with Gasteiger partial charge in [0.25, 0.3) is 10.1 Å². The van der Waals surface area contributed by atoms with Crippen LogP contribution in [0.5, 0.6) is 0 Å². The number of fused-ring (bicyclic) bond motifs is 1. The fourth-order valence-corrected chi connectivity index (χ4v) is 2.77. The maximum absolute atomic E-state index is 11.2. The van der Waals surface area contributed by atoms with Crippen LogP contribution < -0.4 is 0 Å². The van der Waals surface area contributed by atoms with E-state index in [4.69, 9.17) is 4.55 Å². The van der Waals surface area contributed by atoms with E-state index in [1.807, 2.05) is 18.2 Å². The smallest absolute Gasteiger partial charge is 0.282 e. The van der Waals surface area contributed by atoms with Gasteiger partial charge in [0.2, 0.25) is 0 Å². The van der Waals surface area contributed by atoms with Crippen LogP contribution in [0.1, 0.15) is 31.7 Å². The summed E-state index contributed by atoms with van der Waals surface area (Å²) in [5.74, 6) is 0. The molecule has 0 aliphatic carbocycles. The number of hydrogen-bond acceptors (Lipinski definition) is 2. The molecule has 0 unspecified atom stereocenters. The Kier molecular flexibility index (Phi) is 4.22. The maximum Gasteiger partial charge on any atom is 0.294 e. The number of aryl methyl sites for hydroxylation is 1. The van der Waals surface area contributed by atoms with Gasteiger partial charge in [0, 0.05) is 0 Å². The molecule has 0 aromatic heterocycles. The molecule has 0 saturated heterocycles. The van der Waals surface area contributed by atoms with Crippen molar-refractivity contribution in [2.75, 3.05) is 0 Å². The summed E-state index contributed by atoms with van der Waals surface area (Å²) in [5.41, 5.74) is 1.14. The van der Waals surface area contributed by atoms with Crippen LogP contribution >= 0.6 is 0 Å². The third-order valence-electron chi connectivity index (χ3n) is 3.29. The highest BCUT2D eigenvalue weighted by molar-refractivity contribution is 7.85. The zero-order valence-electron chi connectivity index (χ0n) is 11.0. The predicted octanol–water partition coefficient (Wildman–Crippen LogP) is 3.82. The van der Waals surface area contributed by atoms with E-state index < -0.39 is 10.1 Å². The molecule has 102 valence electrons. The minimum absolute atomic E-state index is 0.0389. The normalized spacial score (nSPS) is 11.9. The van der Waals surface area contributed by atoms with Gasteiger partial charge < -0.3 is 0 Å². The van der Waals surface area contributed by atoms with Crippen molar-refractivity contribution in [3.05, 3.63) is 42.0 Å². The molecule has 0 radical (unpaired) electrons. The molecule has 3 nitrogen and oxygen atoms in total. The lowest BCUT2D eigenvalue weighted by Gasteiger charge is -2.07. The molecule has 0 fully saturated rings. The first-order chi connectivity index (χ1) is 9.02. The molecule has 0 amide bonds. The molecule has 0 heterocycles. The second kappa shape index (κ2) is 5.72. The Bertz CT molecular complexity index is 675. The Labute approximate surface area is 114 Å². The minimum Gasteiger partial charge on any atom is -0.282 e. The molecule has 1 N–H and O–H groups in total. The van der Waals surface area contributed by atoms with Gasteiger partial charge in [-0.25, -0.2) is 0 Å². The maximum atomic E-state index is 11.2. The van der Waals surface area contributed by atoms with Gasteiger partial charge in [-0.15, -0.1) is 0 Å².